The molecule has 4 rings (SSSR count). The van der Waals surface area contributed by atoms with E-state index in [1.807, 2.05) is 17.0 Å². The molecule has 24 heavy (non-hydrogen) atoms. The number of esters is 1. The number of cyclic esters (lactones) is 1. The Labute approximate surface area is 141 Å². The van der Waals surface area contributed by atoms with Gasteiger partial charge in [-0.25, -0.2) is 4.39 Å². The smallest absolute Gasteiger partial charge is 0.306 e. The summed E-state index contributed by atoms with van der Waals surface area (Å²) in [6, 6.07) is 6.94. The lowest BCUT2D eigenvalue weighted by Crippen LogP contribution is -2.49. The molecule has 4 nitrogen and oxygen atoms in total. The van der Waals surface area contributed by atoms with Gasteiger partial charge in [0.2, 0.25) is 5.91 Å². The van der Waals surface area contributed by atoms with Crippen molar-refractivity contribution in [2.45, 2.75) is 38.0 Å². The third-order valence-corrected chi connectivity index (χ3v) is 5.92. The molecule has 3 aliphatic rings. The number of carbonyl (C=O) groups excluding carboxylic acids is 2. The van der Waals surface area contributed by atoms with Gasteiger partial charge in [0.1, 0.15) is 5.82 Å². The van der Waals surface area contributed by atoms with Crippen LogP contribution in [0.25, 0.3) is 0 Å². The molecular formula is C19H22FNO3. The van der Waals surface area contributed by atoms with Crippen LogP contribution in [0, 0.1) is 17.2 Å². The molecular weight excluding hydrogens is 309 g/mol. The molecule has 2 heterocycles. The van der Waals surface area contributed by atoms with Crippen molar-refractivity contribution < 1.29 is 18.7 Å². The lowest BCUT2D eigenvalue weighted by Gasteiger charge is -2.45. The van der Waals surface area contributed by atoms with Gasteiger partial charge in [0.05, 0.1) is 13.0 Å². The molecule has 2 saturated heterocycles. The molecule has 1 aromatic rings. The molecule has 2 aliphatic heterocycles. The molecule has 1 saturated carbocycles. The van der Waals surface area contributed by atoms with Crippen molar-refractivity contribution in [1.82, 2.24) is 4.90 Å². The maximum absolute atomic E-state index is 13.9. The average molecular weight is 331 g/mol. The molecule has 0 bridgehead atoms. The highest BCUT2D eigenvalue weighted by Crippen LogP contribution is 2.52. The summed E-state index contributed by atoms with van der Waals surface area (Å²) in [6.45, 7) is 1.86. The van der Waals surface area contributed by atoms with Crippen LogP contribution in [-0.2, 0) is 14.3 Å². The number of carbonyl (C=O) groups is 2. The Morgan fingerprint density at radius 2 is 1.92 bits per heavy atom. The van der Waals surface area contributed by atoms with Gasteiger partial charge < -0.3 is 9.64 Å². The number of ether oxygens (including phenoxy) is 1. The van der Waals surface area contributed by atoms with Gasteiger partial charge in [-0.15, -0.1) is 0 Å². The van der Waals surface area contributed by atoms with E-state index < -0.39 is 0 Å². The first-order valence-corrected chi connectivity index (χ1v) is 8.75. The van der Waals surface area contributed by atoms with Gasteiger partial charge in [-0.2, -0.15) is 0 Å². The molecule has 0 radical (unpaired) electrons. The number of hydrogen-bond acceptors (Lipinski definition) is 3. The van der Waals surface area contributed by atoms with E-state index in [9.17, 15) is 14.0 Å². The van der Waals surface area contributed by atoms with E-state index in [-0.39, 0.29) is 34.9 Å². The maximum Gasteiger partial charge on any atom is 0.306 e. The van der Waals surface area contributed by atoms with Crippen molar-refractivity contribution in [3.05, 3.63) is 35.6 Å². The van der Waals surface area contributed by atoms with Gasteiger partial charge >= 0.3 is 5.97 Å². The minimum absolute atomic E-state index is 0.0320. The lowest BCUT2D eigenvalue weighted by atomic mass is 9.61. The molecule has 0 aromatic heterocycles. The summed E-state index contributed by atoms with van der Waals surface area (Å²) in [6.07, 6.45) is 3.63. The Hall–Kier alpha value is -1.91. The summed E-state index contributed by atoms with van der Waals surface area (Å²) < 4.78 is 19.0. The highest BCUT2D eigenvalue weighted by Gasteiger charge is 2.53. The second-order valence-electron chi connectivity index (χ2n) is 7.56. The monoisotopic (exact) mass is 331 g/mol. The Bertz CT molecular complexity index is 660. The first-order chi connectivity index (χ1) is 11.6. The van der Waals surface area contributed by atoms with Crippen LogP contribution in [-0.4, -0.2) is 36.5 Å². The summed E-state index contributed by atoms with van der Waals surface area (Å²) in [4.78, 5) is 25.8. The predicted octanol–water partition coefficient (Wildman–Crippen LogP) is 2.88. The van der Waals surface area contributed by atoms with E-state index in [0.29, 0.717) is 26.1 Å². The summed E-state index contributed by atoms with van der Waals surface area (Å²) in [5.74, 6) is 0.154. The number of likely N-dealkylation sites (tertiary alicyclic amines) is 1. The van der Waals surface area contributed by atoms with E-state index in [1.165, 1.54) is 6.07 Å². The minimum Gasteiger partial charge on any atom is -0.465 e. The Kier molecular flexibility index (Phi) is 3.82. The molecule has 1 amide bonds. The van der Waals surface area contributed by atoms with Crippen LogP contribution in [0.1, 0.15) is 43.6 Å². The standard InChI is InChI=1S/C19H22FNO3/c20-16-4-2-1-3-15(16)13-5-7-21(8-6-13)18(23)14-9-19(10-14)11-17(22)24-12-19/h1-4,13-14H,5-12H2. The van der Waals surface area contributed by atoms with Gasteiger partial charge in [-0.3, -0.25) is 9.59 Å². The van der Waals surface area contributed by atoms with Gasteiger partial charge in [0.25, 0.3) is 0 Å². The summed E-state index contributed by atoms with van der Waals surface area (Å²) in [7, 11) is 0. The van der Waals surface area contributed by atoms with Gasteiger partial charge in [-0.1, -0.05) is 18.2 Å². The molecule has 128 valence electrons. The number of hydrogen-bond donors (Lipinski definition) is 0. The first-order valence-electron chi connectivity index (χ1n) is 8.75. The van der Waals surface area contributed by atoms with Crippen LogP contribution in [0.15, 0.2) is 24.3 Å². The third-order valence-electron chi connectivity index (χ3n) is 5.92. The molecule has 0 atom stereocenters. The van der Waals surface area contributed by atoms with Crippen molar-refractivity contribution in [2.75, 3.05) is 19.7 Å². The number of piperidine rings is 1. The summed E-state index contributed by atoms with van der Waals surface area (Å²) >= 11 is 0. The zero-order valence-corrected chi connectivity index (χ0v) is 13.7. The quantitative estimate of drug-likeness (QED) is 0.783. The zero-order valence-electron chi connectivity index (χ0n) is 13.7. The van der Waals surface area contributed by atoms with Crippen LogP contribution in [0.2, 0.25) is 0 Å². The van der Waals surface area contributed by atoms with E-state index in [2.05, 4.69) is 0 Å². The topological polar surface area (TPSA) is 46.6 Å². The summed E-state index contributed by atoms with van der Waals surface area (Å²) in [5, 5.41) is 0. The fourth-order valence-electron chi connectivity index (χ4n) is 4.54. The Morgan fingerprint density at radius 1 is 1.21 bits per heavy atom. The van der Waals surface area contributed by atoms with Crippen molar-refractivity contribution in [2.24, 2.45) is 11.3 Å². The molecule has 0 N–H and O–H groups in total. The average Bonchev–Trinajstić information content (AvgIpc) is 2.96. The number of halogens is 1. The highest BCUT2D eigenvalue weighted by atomic mass is 19.1. The third kappa shape index (κ3) is 2.70. The molecule has 1 aliphatic carbocycles. The number of nitrogens with zero attached hydrogens (tertiary/aromatic N) is 1. The highest BCUT2D eigenvalue weighted by molar-refractivity contribution is 5.81. The minimum atomic E-state index is -0.144. The normalized spacial score (nSPS) is 30.3. The molecule has 0 unspecified atom stereocenters. The second kappa shape index (κ2) is 5.87. The van der Waals surface area contributed by atoms with Crippen LogP contribution in [0.3, 0.4) is 0 Å². The van der Waals surface area contributed by atoms with E-state index in [4.69, 9.17) is 4.74 Å². The summed E-state index contributed by atoms with van der Waals surface area (Å²) in [5.41, 5.74) is 0.705. The van der Waals surface area contributed by atoms with Gasteiger partial charge in [0, 0.05) is 24.4 Å². The van der Waals surface area contributed by atoms with Crippen molar-refractivity contribution in [1.29, 1.82) is 0 Å². The van der Waals surface area contributed by atoms with Crippen LogP contribution in [0.5, 0.6) is 0 Å². The number of benzene rings is 1. The van der Waals surface area contributed by atoms with E-state index in [0.717, 1.165) is 31.2 Å². The predicted molar refractivity (Wildman–Crippen MR) is 85.7 cm³/mol. The van der Waals surface area contributed by atoms with Crippen molar-refractivity contribution >= 4 is 11.9 Å². The van der Waals surface area contributed by atoms with Crippen LogP contribution in [0.4, 0.5) is 4.39 Å². The molecule has 1 aromatic carbocycles. The van der Waals surface area contributed by atoms with E-state index >= 15 is 0 Å². The van der Waals surface area contributed by atoms with Gasteiger partial charge in [-0.05, 0) is 43.2 Å². The Morgan fingerprint density at radius 3 is 2.54 bits per heavy atom. The Balaban J connectivity index is 1.31. The zero-order chi connectivity index (χ0) is 16.7. The van der Waals surface area contributed by atoms with Crippen LogP contribution >= 0.6 is 0 Å². The first kappa shape index (κ1) is 15.6. The van der Waals surface area contributed by atoms with Gasteiger partial charge in [0.15, 0.2) is 0 Å². The fraction of sp³-hybridized carbons (Fsp3) is 0.579. The number of amides is 1. The van der Waals surface area contributed by atoms with Crippen molar-refractivity contribution in [3.63, 3.8) is 0 Å². The molecule has 1 spiro atoms. The fourth-order valence-corrected chi connectivity index (χ4v) is 4.54. The maximum atomic E-state index is 13.9. The van der Waals surface area contributed by atoms with Crippen molar-refractivity contribution in [3.8, 4) is 0 Å². The molecule has 5 heteroatoms. The number of rotatable bonds is 2. The van der Waals surface area contributed by atoms with Crippen LogP contribution < -0.4 is 0 Å². The lowest BCUT2D eigenvalue weighted by molar-refractivity contribution is -0.144. The molecule has 3 fully saturated rings. The SMILES string of the molecule is O=C1CC2(CO1)CC(C(=O)N1CCC(c3ccccc3F)CC1)C2. The largest absolute Gasteiger partial charge is 0.465 e. The van der Waals surface area contributed by atoms with E-state index in [1.54, 1.807) is 6.07 Å². The second-order valence-corrected chi connectivity index (χ2v) is 7.56.